The molecule has 0 unspecified atom stereocenters. The summed E-state index contributed by atoms with van der Waals surface area (Å²) in [5.74, 6) is 0.0365. The summed E-state index contributed by atoms with van der Waals surface area (Å²) in [6.07, 6.45) is 4.73. The van der Waals surface area contributed by atoms with Crippen molar-refractivity contribution in [3.05, 3.63) is 84.8 Å². The molecule has 0 atom stereocenters. The fourth-order valence-corrected chi connectivity index (χ4v) is 3.48. The zero-order chi connectivity index (χ0) is 20.4. The predicted octanol–water partition coefficient (Wildman–Crippen LogP) is 2.71. The van der Waals surface area contributed by atoms with E-state index in [9.17, 15) is 13.2 Å². The van der Waals surface area contributed by atoms with Crippen LogP contribution in [0.4, 0.5) is 5.69 Å². The molecule has 29 heavy (non-hydrogen) atoms. The summed E-state index contributed by atoms with van der Waals surface area (Å²) in [5, 5.41) is 11.0. The lowest BCUT2D eigenvalue weighted by molar-refractivity contribution is 0.102. The Morgan fingerprint density at radius 2 is 1.59 bits per heavy atom. The standard InChI is InChI=1S/C20H17N5O3S/c1-29(27,28)17-11-9-15(10-12-17)21-19(26)18-20(24-13-5-6-14-24)25(23-22-18)16-7-3-2-4-8-16/h2-14H,1H3,(H,21,26). The first-order chi connectivity index (χ1) is 13.9. The van der Waals surface area contributed by atoms with Crippen LogP contribution in [0.3, 0.4) is 0 Å². The van der Waals surface area contributed by atoms with Crippen LogP contribution in [-0.2, 0) is 9.84 Å². The molecule has 2 aromatic carbocycles. The smallest absolute Gasteiger partial charge is 0.280 e. The van der Waals surface area contributed by atoms with E-state index in [1.807, 2.05) is 42.5 Å². The predicted molar refractivity (Wildman–Crippen MR) is 108 cm³/mol. The Hall–Kier alpha value is -3.72. The number of aromatic nitrogens is 4. The lowest BCUT2D eigenvalue weighted by Gasteiger charge is -2.09. The van der Waals surface area contributed by atoms with Gasteiger partial charge in [-0.25, -0.2) is 8.42 Å². The zero-order valence-corrected chi connectivity index (χ0v) is 16.2. The van der Waals surface area contributed by atoms with Crippen LogP contribution >= 0.6 is 0 Å². The van der Waals surface area contributed by atoms with Gasteiger partial charge in [-0.2, -0.15) is 4.68 Å². The molecular weight excluding hydrogens is 390 g/mol. The van der Waals surface area contributed by atoms with Crippen LogP contribution in [-0.4, -0.2) is 40.1 Å². The summed E-state index contributed by atoms with van der Waals surface area (Å²) < 4.78 is 26.5. The van der Waals surface area contributed by atoms with Crippen molar-refractivity contribution in [1.29, 1.82) is 0 Å². The van der Waals surface area contributed by atoms with Crippen molar-refractivity contribution in [2.75, 3.05) is 11.6 Å². The van der Waals surface area contributed by atoms with Crippen LogP contribution in [0.5, 0.6) is 0 Å². The summed E-state index contributed by atoms with van der Waals surface area (Å²) in [6, 6.07) is 19.0. The van der Waals surface area contributed by atoms with Gasteiger partial charge in [0.15, 0.2) is 21.3 Å². The molecule has 9 heteroatoms. The number of anilines is 1. The van der Waals surface area contributed by atoms with E-state index in [0.717, 1.165) is 11.9 Å². The number of amides is 1. The second-order valence-corrected chi connectivity index (χ2v) is 8.37. The number of benzene rings is 2. The van der Waals surface area contributed by atoms with Crippen molar-refractivity contribution in [3.63, 3.8) is 0 Å². The molecule has 0 fully saturated rings. The maximum atomic E-state index is 12.9. The third-order valence-electron chi connectivity index (χ3n) is 4.25. The third kappa shape index (κ3) is 3.81. The molecule has 4 rings (SSSR count). The minimum absolute atomic E-state index is 0.136. The Morgan fingerprint density at radius 1 is 0.931 bits per heavy atom. The summed E-state index contributed by atoms with van der Waals surface area (Å²) in [5.41, 5.74) is 1.35. The SMILES string of the molecule is CS(=O)(=O)c1ccc(NC(=O)c2nnn(-c3ccccc3)c2-n2cccc2)cc1. The summed E-state index contributed by atoms with van der Waals surface area (Å²) in [6.45, 7) is 0. The highest BCUT2D eigenvalue weighted by Gasteiger charge is 2.22. The van der Waals surface area contributed by atoms with Crippen LogP contribution in [0.25, 0.3) is 11.5 Å². The maximum Gasteiger partial charge on any atom is 0.280 e. The van der Waals surface area contributed by atoms with Gasteiger partial charge in [0, 0.05) is 24.3 Å². The number of carbonyl (C=O) groups is 1. The van der Waals surface area contributed by atoms with Gasteiger partial charge < -0.3 is 9.88 Å². The van der Waals surface area contributed by atoms with Crippen molar-refractivity contribution >= 4 is 21.4 Å². The monoisotopic (exact) mass is 407 g/mol. The summed E-state index contributed by atoms with van der Waals surface area (Å²) in [7, 11) is -3.31. The van der Waals surface area contributed by atoms with E-state index in [2.05, 4.69) is 15.6 Å². The second kappa shape index (κ2) is 7.36. The molecule has 8 nitrogen and oxygen atoms in total. The maximum absolute atomic E-state index is 12.9. The van der Waals surface area contributed by atoms with Crippen molar-refractivity contribution in [2.45, 2.75) is 4.90 Å². The quantitative estimate of drug-likeness (QED) is 0.548. The minimum atomic E-state index is -3.31. The van der Waals surface area contributed by atoms with Gasteiger partial charge in [-0.15, -0.1) is 5.10 Å². The van der Waals surface area contributed by atoms with Crippen LogP contribution in [0.1, 0.15) is 10.5 Å². The van der Waals surface area contributed by atoms with Gasteiger partial charge in [-0.3, -0.25) is 4.79 Å². The molecule has 2 heterocycles. The van der Waals surface area contributed by atoms with Crippen LogP contribution < -0.4 is 5.32 Å². The second-order valence-electron chi connectivity index (χ2n) is 6.35. The summed E-state index contributed by atoms with van der Waals surface area (Å²) in [4.78, 5) is 13.1. The molecule has 0 aliphatic rings. The largest absolute Gasteiger partial charge is 0.320 e. The molecule has 0 saturated heterocycles. The number of sulfone groups is 1. The van der Waals surface area contributed by atoms with Crippen molar-refractivity contribution < 1.29 is 13.2 Å². The molecule has 4 aromatic rings. The fraction of sp³-hybridized carbons (Fsp3) is 0.0500. The number of carbonyl (C=O) groups excluding carboxylic acids is 1. The van der Waals surface area contributed by atoms with E-state index in [4.69, 9.17) is 0 Å². The van der Waals surface area contributed by atoms with E-state index < -0.39 is 15.7 Å². The fourth-order valence-electron chi connectivity index (χ4n) is 2.85. The Kier molecular flexibility index (Phi) is 4.73. The average molecular weight is 407 g/mol. The number of nitrogens with zero attached hydrogens (tertiary/aromatic N) is 4. The molecule has 0 aliphatic carbocycles. The van der Waals surface area contributed by atoms with E-state index in [1.165, 1.54) is 24.3 Å². The molecule has 0 aliphatic heterocycles. The Balaban J connectivity index is 1.70. The normalized spacial score (nSPS) is 11.3. The van der Waals surface area contributed by atoms with E-state index >= 15 is 0 Å². The van der Waals surface area contributed by atoms with Gasteiger partial charge >= 0.3 is 0 Å². The Bertz CT molecular complexity index is 1250. The number of hydrogen-bond donors (Lipinski definition) is 1. The lowest BCUT2D eigenvalue weighted by Crippen LogP contribution is -2.16. The first-order valence-corrected chi connectivity index (χ1v) is 10.6. The molecule has 2 aromatic heterocycles. The van der Waals surface area contributed by atoms with Gasteiger partial charge in [0.1, 0.15) is 0 Å². The highest BCUT2D eigenvalue weighted by atomic mass is 32.2. The van der Waals surface area contributed by atoms with Crippen molar-refractivity contribution in [2.24, 2.45) is 0 Å². The van der Waals surface area contributed by atoms with Crippen molar-refractivity contribution in [3.8, 4) is 11.5 Å². The van der Waals surface area contributed by atoms with E-state index in [0.29, 0.717) is 11.5 Å². The van der Waals surface area contributed by atoms with Gasteiger partial charge in [0.2, 0.25) is 0 Å². The van der Waals surface area contributed by atoms with E-state index in [-0.39, 0.29) is 10.6 Å². The molecule has 146 valence electrons. The van der Waals surface area contributed by atoms with Crippen LogP contribution in [0.15, 0.2) is 84.0 Å². The van der Waals surface area contributed by atoms with Gasteiger partial charge in [-0.05, 0) is 48.5 Å². The number of rotatable bonds is 5. The molecule has 0 bridgehead atoms. The van der Waals surface area contributed by atoms with Crippen molar-refractivity contribution in [1.82, 2.24) is 19.6 Å². The zero-order valence-electron chi connectivity index (χ0n) is 15.4. The highest BCUT2D eigenvalue weighted by molar-refractivity contribution is 7.90. The molecule has 1 amide bonds. The van der Waals surface area contributed by atoms with E-state index in [1.54, 1.807) is 21.6 Å². The van der Waals surface area contributed by atoms with Gasteiger partial charge in [-0.1, -0.05) is 23.4 Å². The molecule has 0 radical (unpaired) electrons. The lowest BCUT2D eigenvalue weighted by atomic mass is 10.3. The van der Waals surface area contributed by atoms with Crippen LogP contribution in [0.2, 0.25) is 0 Å². The average Bonchev–Trinajstić information content (AvgIpc) is 3.38. The topological polar surface area (TPSA) is 98.9 Å². The molecule has 1 N–H and O–H groups in total. The Labute approximate surface area is 167 Å². The highest BCUT2D eigenvalue weighted by Crippen LogP contribution is 2.20. The van der Waals surface area contributed by atoms with Crippen LogP contribution in [0, 0.1) is 0 Å². The number of para-hydroxylation sites is 1. The summed E-state index contributed by atoms with van der Waals surface area (Å²) >= 11 is 0. The van der Waals surface area contributed by atoms with Gasteiger partial charge in [0.05, 0.1) is 10.6 Å². The molecular formula is C20H17N5O3S. The third-order valence-corrected chi connectivity index (χ3v) is 5.38. The minimum Gasteiger partial charge on any atom is -0.320 e. The Morgan fingerprint density at radius 3 is 2.21 bits per heavy atom. The number of hydrogen-bond acceptors (Lipinski definition) is 5. The van der Waals surface area contributed by atoms with Gasteiger partial charge in [0.25, 0.3) is 5.91 Å². The molecule has 0 saturated carbocycles. The molecule has 0 spiro atoms. The first kappa shape index (κ1) is 18.6. The first-order valence-electron chi connectivity index (χ1n) is 8.69. The number of nitrogens with one attached hydrogen (secondary N) is 1.